The highest BCUT2D eigenvalue weighted by Crippen LogP contribution is 2.54. The van der Waals surface area contributed by atoms with Gasteiger partial charge in [0.15, 0.2) is 17.5 Å². The van der Waals surface area contributed by atoms with Gasteiger partial charge in [0.05, 0.1) is 0 Å². The van der Waals surface area contributed by atoms with Gasteiger partial charge in [0.25, 0.3) is 0 Å². The summed E-state index contributed by atoms with van der Waals surface area (Å²) in [5.74, 6) is 2.03. The van der Waals surface area contributed by atoms with E-state index in [9.17, 15) is 0 Å². The van der Waals surface area contributed by atoms with Crippen LogP contribution in [0.2, 0.25) is 0 Å². The molecule has 0 saturated heterocycles. The van der Waals surface area contributed by atoms with Crippen LogP contribution in [0.3, 0.4) is 0 Å². The first-order chi connectivity index (χ1) is 24.3. The molecule has 11 rings (SSSR count). The highest BCUT2D eigenvalue weighted by Gasteiger charge is 2.25. The second kappa shape index (κ2) is 10.5. The zero-order valence-electron chi connectivity index (χ0n) is 25.8. The summed E-state index contributed by atoms with van der Waals surface area (Å²) in [6, 6.07) is 49.5. The second-order valence-corrected chi connectivity index (χ2v) is 15.5. The van der Waals surface area contributed by atoms with E-state index in [-0.39, 0.29) is 0 Å². The molecule has 4 aromatic heterocycles. The Hall–Kier alpha value is -5.53. The van der Waals surface area contributed by atoms with Crippen molar-refractivity contribution in [3.05, 3.63) is 140 Å². The Morgan fingerprint density at radius 3 is 1.37 bits per heavy atom. The number of thiophene rings is 3. The van der Waals surface area contributed by atoms with Crippen LogP contribution in [0.15, 0.2) is 140 Å². The highest BCUT2D eigenvalue weighted by molar-refractivity contribution is 7.31. The van der Waals surface area contributed by atoms with Crippen LogP contribution < -0.4 is 0 Å². The Balaban J connectivity index is 1.41. The average molecular weight is 678 g/mol. The minimum atomic E-state index is 0.670. The summed E-state index contributed by atoms with van der Waals surface area (Å²) in [5, 5.41) is 10.4. The Morgan fingerprint density at radius 1 is 0.327 bits per heavy atom. The van der Waals surface area contributed by atoms with Crippen molar-refractivity contribution in [3.63, 3.8) is 0 Å². The van der Waals surface area contributed by atoms with Gasteiger partial charge in [-0.15, -0.1) is 34.0 Å². The number of hydrogen-bond acceptors (Lipinski definition) is 6. The summed E-state index contributed by atoms with van der Waals surface area (Å²) in [4.78, 5) is 15.6. The quantitative estimate of drug-likeness (QED) is 0.187. The third kappa shape index (κ3) is 4.02. The lowest BCUT2D eigenvalue weighted by molar-refractivity contribution is 1.08. The molecular formula is C43H23N3S3. The number of fused-ring (bicyclic) bond motifs is 14. The van der Waals surface area contributed by atoms with Gasteiger partial charge in [-0.25, -0.2) is 15.0 Å². The Bertz CT molecular complexity index is 3040. The second-order valence-electron chi connectivity index (χ2n) is 12.3. The zero-order valence-corrected chi connectivity index (χ0v) is 28.3. The molecule has 49 heavy (non-hydrogen) atoms. The molecule has 0 aliphatic rings. The standard InChI is InChI=1S/C43H23N3S3/c1-3-13-24(14-4-1)41-44-42(25-15-5-2-6-16-25)46-43(45-41)29-23-33-34(26-17-7-10-20-30(26)47-33)38-35-27-18-8-11-21-31(27)48-39(35)37-28-19-9-12-22-32(28)49-40(37)36(29)38/h1-23H. The lowest BCUT2D eigenvalue weighted by atomic mass is 9.93. The van der Waals surface area contributed by atoms with Crippen LogP contribution in [0.25, 0.3) is 105 Å². The van der Waals surface area contributed by atoms with Crippen molar-refractivity contribution in [1.82, 2.24) is 15.0 Å². The van der Waals surface area contributed by atoms with Gasteiger partial charge < -0.3 is 0 Å². The molecule has 0 fully saturated rings. The monoisotopic (exact) mass is 677 g/mol. The van der Waals surface area contributed by atoms with E-state index < -0.39 is 0 Å². The topological polar surface area (TPSA) is 38.7 Å². The van der Waals surface area contributed by atoms with E-state index >= 15 is 0 Å². The predicted molar refractivity (Wildman–Crippen MR) is 212 cm³/mol. The van der Waals surface area contributed by atoms with Gasteiger partial charge in [0, 0.05) is 88.0 Å². The number of nitrogens with zero attached hydrogens (tertiary/aromatic N) is 3. The fourth-order valence-electron chi connectivity index (χ4n) is 7.39. The molecule has 0 aliphatic carbocycles. The molecule has 7 aromatic carbocycles. The Labute approximate surface area is 292 Å². The Kier molecular flexibility index (Phi) is 5.87. The predicted octanol–water partition coefficient (Wildman–Crippen LogP) is 13.1. The van der Waals surface area contributed by atoms with Crippen LogP contribution in [0.4, 0.5) is 0 Å². The molecule has 3 nitrogen and oxygen atoms in total. The smallest absolute Gasteiger partial charge is 0.164 e. The maximum absolute atomic E-state index is 5.29. The molecule has 11 aromatic rings. The summed E-state index contributed by atoms with van der Waals surface area (Å²) < 4.78 is 7.74. The summed E-state index contributed by atoms with van der Waals surface area (Å²) in [6.07, 6.45) is 0. The fourth-order valence-corrected chi connectivity index (χ4v) is 11.2. The molecule has 0 aliphatic heterocycles. The minimum Gasteiger partial charge on any atom is -0.208 e. The summed E-state index contributed by atoms with van der Waals surface area (Å²) >= 11 is 5.64. The van der Waals surface area contributed by atoms with Crippen molar-refractivity contribution < 1.29 is 0 Å². The number of hydrogen-bond donors (Lipinski definition) is 0. The third-order valence-electron chi connectivity index (χ3n) is 9.50. The van der Waals surface area contributed by atoms with Crippen molar-refractivity contribution in [3.8, 4) is 34.2 Å². The number of benzene rings is 7. The molecule has 0 amide bonds. The lowest BCUT2D eigenvalue weighted by Gasteiger charge is -2.14. The molecule has 0 N–H and O–H groups in total. The molecule has 0 saturated carbocycles. The lowest BCUT2D eigenvalue weighted by Crippen LogP contribution is -2.00. The summed E-state index contributed by atoms with van der Waals surface area (Å²) in [6.45, 7) is 0. The third-order valence-corrected chi connectivity index (χ3v) is 13.0. The normalized spacial score (nSPS) is 12.1. The van der Waals surface area contributed by atoms with Crippen molar-refractivity contribution in [2.75, 3.05) is 0 Å². The maximum atomic E-state index is 5.29. The van der Waals surface area contributed by atoms with Crippen molar-refractivity contribution in [2.45, 2.75) is 0 Å². The molecule has 0 bridgehead atoms. The molecule has 0 spiro atoms. The first kappa shape index (κ1) is 27.4. The van der Waals surface area contributed by atoms with E-state index in [1.807, 2.05) is 70.4 Å². The van der Waals surface area contributed by atoms with E-state index in [0.29, 0.717) is 17.5 Å². The maximum Gasteiger partial charge on any atom is 0.164 e. The van der Waals surface area contributed by atoms with Crippen LogP contribution in [-0.2, 0) is 0 Å². The molecule has 0 radical (unpaired) electrons. The molecule has 228 valence electrons. The average Bonchev–Trinajstić information content (AvgIpc) is 3.86. The SMILES string of the molecule is c1ccc(-c2nc(-c3ccccc3)nc(-c3cc4sc5ccccc5c4c4c3c3sc5ccccc5c3c3sc5ccccc5c34)n2)cc1. The van der Waals surface area contributed by atoms with E-state index in [1.165, 1.54) is 71.3 Å². The fraction of sp³-hybridized carbons (Fsp3) is 0. The van der Waals surface area contributed by atoms with E-state index in [4.69, 9.17) is 15.0 Å². The minimum absolute atomic E-state index is 0.670. The van der Waals surface area contributed by atoms with Crippen molar-refractivity contribution >= 4 is 105 Å². The van der Waals surface area contributed by atoms with Gasteiger partial charge in [0.2, 0.25) is 0 Å². The summed E-state index contributed by atoms with van der Waals surface area (Å²) in [7, 11) is 0. The Morgan fingerprint density at radius 2 is 0.776 bits per heavy atom. The van der Waals surface area contributed by atoms with Gasteiger partial charge >= 0.3 is 0 Å². The number of rotatable bonds is 3. The first-order valence-corrected chi connectivity index (χ1v) is 18.6. The van der Waals surface area contributed by atoms with Crippen molar-refractivity contribution in [2.24, 2.45) is 0 Å². The molecule has 4 heterocycles. The summed E-state index contributed by atoms with van der Waals surface area (Å²) in [5.41, 5.74) is 2.97. The molecular weight excluding hydrogens is 655 g/mol. The first-order valence-electron chi connectivity index (χ1n) is 16.2. The zero-order chi connectivity index (χ0) is 32.1. The van der Waals surface area contributed by atoms with Crippen LogP contribution in [-0.4, -0.2) is 15.0 Å². The van der Waals surface area contributed by atoms with Gasteiger partial charge in [-0.1, -0.05) is 115 Å². The van der Waals surface area contributed by atoms with E-state index in [0.717, 1.165) is 16.7 Å². The molecule has 0 unspecified atom stereocenters. The molecule has 0 atom stereocenters. The van der Waals surface area contributed by atoms with Gasteiger partial charge in [-0.2, -0.15) is 0 Å². The number of aromatic nitrogens is 3. The van der Waals surface area contributed by atoms with Gasteiger partial charge in [-0.3, -0.25) is 0 Å². The van der Waals surface area contributed by atoms with Gasteiger partial charge in [0.1, 0.15) is 0 Å². The van der Waals surface area contributed by atoms with Crippen molar-refractivity contribution in [1.29, 1.82) is 0 Å². The van der Waals surface area contributed by atoms with Crippen LogP contribution in [0, 0.1) is 0 Å². The highest BCUT2D eigenvalue weighted by atomic mass is 32.1. The van der Waals surface area contributed by atoms with E-state index in [1.54, 1.807) is 0 Å². The van der Waals surface area contributed by atoms with Gasteiger partial charge in [-0.05, 0) is 24.3 Å². The van der Waals surface area contributed by atoms with Crippen LogP contribution in [0.1, 0.15) is 0 Å². The van der Waals surface area contributed by atoms with Crippen LogP contribution in [0.5, 0.6) is 0 Å². The molecule has 6 heteroatoms. The van der Waals surface area contributed by atoms with E-state index in [2.05, 4.69) is 103 Å². The van der Waals surface area contributed by atoms with Crippen LogP contribution >= 0.6 is 34.0 Å². The largest absolute Gasteiger partial charge is 0.208 e.